The number of furan rings is 1. The quantitative estimate of drug-likeness (QED) is 0.112. The number of hydrogen-bond acceptors (Lipinski definition) is 7. The summed E-state index contributed by atoms with van der Waals surface area (Å²) in [4.78, 5) is 57.6. The Morgan fingerprint density at radius 1 is 1.04 bits per heavy atom. The number of carbonyl (C=O) groups excluding carboxylic acids is 3. The van der Waals surface area contributed by atoms with E-state index in [0.29, 0.717) is 59.3 Å². The topological polar surface area (TPSA) is 149 Å². The number of aromatic amines is 2. The van der Waals surface area contributed by atoms with Crippen LogP contribution in [0.15, 0.2) is 59.3 Å². The molecule has 280 valence electrons. The van der Waals surface area contributed by atoms with Crippen LogP contribution in [-0.2, 0) is 20.9 Å². The third-order valence-electron chi connectivity index (χ3n) is 9.61. The van der Waals surface area contributed by atoms with Crippen molar-refractivity contribution in [1.82, 2.24) is 35.1 Å². The van der Waals surface area contributed by atoms with Gasteiger partial charge in [0.25, 0.3) is 0 Å². The molecule has 0 aliphatic carbocycles. The maximum atomic E-state index is 15.7. The molecule has 1 fully saturated rings. The largest absolute Gasteiger partial charge is 0.456 e. The molecule has 2 atom stereocenters. The smallest absolute Gasteiger partial charge is 0.407 e. The minimum absolute atomic E-state index is 0.0576. The first kappa shape index (κ1) is 37.3. The first-order valence-corrected chi connectivity index (χ1v) is 18.3. The summed E-state index contributed by atoms with van der Waals surface area (Å²) in [5.41, 5.74) is 3.87. The number of rotatable bonds is 13. The Morgan fingerprint density at radius 2 is 1.77 bits per heavy atom. The van der Waals surface area contributed by atoms with Crippen LogP contribution in [0.2, 0.25) is 0 Å². The molecule has 3 amide bonds. The van der Waals surface area contributed by atoms with Crippen LogP contribution in [0, 0.1) is 17.7 Å². The van der Waals surface area contributed by atoms with Crippen LogP contribution in [0.1, 0.15) is 78.0 Å². The Bertz CT molecular complexity index is 2080. The fourth-order valence-electron chi connectivity index (χ4n) is 6.90. The van der Waals surface area contributed by atoms with Crippen LogP contribution in [0.4, 0.5) is 9.18 Å². The Hall–Kier alpha value is -5.46. The van der Waals surface area contributed by atoms with Gasteiger partial charge in [-0.25, -0.2) is 19.2 Å². The van der Waals surface area contributed by atoms with Gasteiger partial charge < -0.3 is 34.2 Å². The number of fused-ring (bicyclic) bond motifs is 1. The molecule has 3 N–H and O–H groups in total. The Balaban J connectivity index is 1.16. The van der Waals surface area contributed by atoms with Crippen LogP contribution in [0.3, 0.4) is 0 Å². The van der Waals surface area contributed by atoms with Gasteiger partial charge in [-0.2, -0.15) is 0 Å². The van der Waals surface area contributed by atoms with E-state index >= 15 is 4.39 Å². The lowest BCUT2D eigenvalue weighted by Crippen LogP contribution is -2.51. The number of H-pyrrole nitrogens is 2. The summed E-state index contributed by atoms with van der Waals surface area (Å²) < 4.78 is 26.5. The fraction of sp³-hybridized carbons (Fsp3) is 0.425. The molecule has 1 aliphatic heterocycles. The summed E-state index contributed by atoms with van der Waals surface area (Å²) in [6.45, 7) is 11.2. The van der Waals surface area contributed by atoms with Gasteiger partial charge in [-0.15, -0.1) is 0 Å². The Morgan fingerprint density at radius 3 is 2.49 bits per heavy atom. The molecule has 2 aromatic carbocycles. The van der Waals surface area contributed by atoms with Crippen LogP contribution in [0.5, 0.6) is 0 Å². The number of likely N-dealkylation sites (tertiary alicyclic amines) is 1. The normalized spacial score (nSPS) is 15.0. The standard InChI is InChI=1S/C40H48FN7O5/c1-7-14-47(39(50)37(24(4)5)46-40(51)52-6)22-35-42-20-30(44-35)26-10-12-28(29(41)18-26)34-19-27-17-25(11-13-33(27)53-34)31-21-43-38(45-31)32-9-8-15-48(32)36(49)16-23(2)3/h10-13,17-21,23-24,32,37H,7-9,14-16,22H2,1-6H3,(H,42,44)(H,43,45)(H,46,51)/t32-,37-/m0/s1. The van der Waals surface area contributed by atoms with Crippen molar-refractivity contribution < 1.29 is 27.9 Å². The van der Waals surface area contributed by atoms with Crippen LogP contribution in [0.25, 0.3) is 44.8 Å². The molecular weight excluding hydrogens is 677 g/mol. The lowest BCUT2D eigenvalue weighted by Gasteiger charge is -2.28. The van der Waals surface area contributed by atoms with Crippen LogP contribution >= 0.6 is 0 Å². The third kappa shape index (κ3) is 8.29. The zero-order valence-corrected chi connectivity index (χ0v) is 31.2. The highest BCUT2D eigenvalue weighted by Crippen LogP contribution is 2.35. The number of halogens is 1. The number of amides is 3. The summed E-state index contributed by atoms with van der Waals surface area (Å²) in [6.07, 6.45) is 5.81. The monoisotopic (exact) mass is 725 g/mol. The molecule has 0 saturated carbocycles. The molecule has 1 aliphatic rings. The first-order valence-electron chi connectivity index (χ1n) is 18.3. The number of aromatic nitrogens is 4. The molecule has 1 saturated heterocycles. The molecule has 13 heteroatoms. The van der Waals surface area contributed by atoms with Gasteiger partial charge in [0.2, 0.25) is 11.8 Å². The summed E-state index contributed by atoms with van der Waals surface area (Å²) in [7, 11) is 1.26. The second-order valence-corrected chi connectivity index (χ2v) is 14.4. The van der Waals surface area contributed by atoms with Gasteiger partial charge >= 0.3 is 6.09 Å². The number of nitrogens with zero attached hydrogens (tertiary/aromatic N) is 4. The summed E-state index contributed by atoms with van der Waals surface area (Å²) in [5, 5.41) is 3.45. The average Bonchev–Trinajstić information content (AvgIpc) is 3.95. The first-order chi connectivity index (χ1) is 25.4. The van der Waals surface area contributed by atoms with Crippen molar-refractivity contribution in [3.8, 4) is 33.8 Å². The predicted molar refractivity (Wildman–Crippen MR) is 200 cm³/mol. The zero-order valence-electron chi connectivity index (χ0n) is 31.2. The number of alkyl carbamates (subject to hydrolysis) is 1. The maximum Gasteiger partial charge on any atom is 0.407 e. The molecule has 6 rings (SSSR count). The minimum Gasteiger partial charge on any atom is -0.456 e. The molecule has 5 aromatic rings. The van der Waals surface area contributed by atoms with Crippen molar-refractivity contribution in [1.29, 1.82) is 0 Å². The van der Waals surface area contributed by atoms with Crippen molar-refractivity contribution in [3.05, 3.63) is 72.3 Å². The lowest BCUT2D eigenvalue weighted by molar-refractivity contribution is -0.135. The molecule has 53 heavy (non-hydrogen) atoms. The number of nitrogens with one attached hydrogen (secondary N) is 3. The summed E-state index contributed by atoms with van der Waals surface area (Å²) in [6, 6.07) is 11.7. The van der Waals surface area contributed by atoms with E-state index < -0.39 is 18.0 Å². The van der Waals surface area contributed by atoms with Crippen LogP contribution < -0.4 is 5.32 Å². The van der Waals surface area contributed by atoms with Crippen LogP contribution in [-0.4, -0.2) is 73.9 Å². The van der Waals surface area contributed by atoms with Crippen molar-refractivity contribution in [2.45, 2.75) is 78.9 Å². The van der Waals surface area contributed by atoms with E-state index in [0.717, 1.165) is 41.9 Å². The highest BCUT2D eigenvalue weighted by Gasteiger charge is 2.32. The Labute approximate surface area is 308 Å². The third-order valence-corrected chi connectivity index (χ3v) is 9.61. The van der Waals surface area contributed by atoms with E-state index in [9.17, 15) is 14.4 Å². The van der Waals surface area contributed by atoms with E-state index in [1.165, 1.54) is 13.2 Å². The number of methoxy groups -OCH3 is 1. The average molecular weight is 726 g/mol. The van der Waals surface area contributed by atoms with Gasteiger partial charge in [-0.05, 0) is 67.5 Å². The lowest BCUT2D eigenvalue weighted by atomic mass is 10.0. The van der Waals surface area contributed by atoms with Crippen molar-refractivity contribution in [2.75, 3.05) is 20.2 Å². The SMILES string of the molecule is CCCN(Cc1ncc(-c2ccc(-c3cc4cc(-c5cnc([C@@H]6CCCN6C(=O)CC(C)C)[nH]5)ccc4o3)c(F)c2)[nH]1)C(=O)[C@@H](NC(=O)OC)C(C)C. The molecule has 0 unspecified atom stereocenters. The van der Waals surface area contributed by atoms with Crippen molar-refractivity contribution in [3.63, 3.8) is 0 Å². The summed E-state index contributed by atoms with van der Waals surface area (Å²) in [5.74, 6) is 1.33. The molecule has 3 aromatic heterocycles. The van der Waals surface area contributed by atoms with Gasteiger partial charge in [0.1, 0.15) is 34.9 Å². The van der Waals surface area contributed by atoms with Crippen molar-refractivity contribution >= 4 is 28.9 Å². The van der Waals surface area contributed by atoms with E-state index in [-0.39, 0.29) is 30.3 Å². The van der Waals surface area contributed by atoms with E-state index in [4.69, 9.17) is 9.15 Å². The highest BCUT2D eigenvalue weighted by molar-refractivity contribution is 5.87. The number of carbonyl (C=O) groups is 3. The second kappa shape index (κ2) is 16.1. The zero-order chi connectivity index (χ0) is 37.8. The number of imidazole rings is 2. The van der Waals surface area contributed by atoms with Gasteiger partial charge in [0.05, 0.1) is 49.0 Å². The van der Waals surface area contributed by atoms with Gasteiger partial charge in [0, 0.05) is 36.0 Å². The maximum absolute atomic E-state index is 15.7. The molecule has 0 radical (unpaired) electrons. The molecule has 12 nitrogen and oxygen atoms in total. The van der Waals surface area contributed by atoms with Gasteiger partial charge in [0.15, 0.2) is 0 Å². The number of ether oxygens (including phenoxy) is 1. The number of benzene rings is 2. The summed E-state index contributed by atoms with van der Waals surface area (Å²) >= 11 is 0. The molecular formula is C40H48FN7O5. The Kier molecular flexibility index (Phi) is 11.3. The van der Waals surface area contributed by atoms with E-state index in [1.54, 1.807) is 29.4 Å². The molecule has 4 heterocycles. The fourth-order valence-corrected chi connectivity index (χ4v) is 6.90. The predicted octanol–water partition coefficient (Wildman–Crippen LogP) is 7.85. The van der Waals surface area contributed by atoms with E-state index in [2.05, 4.69) is 39.1 Å². The minimum atomic E-state index is -0.756. The highest BCUT2D eigenvalue weighted by atomic mass is 19.1. The molecule has 0 spiro atoms. The van der Waals surface area contributed by atoms with E-state index in [1.807, 2.05) is 49.9 Å². The van der Waals surface area contributed by atoms with Gasteiger partial charge in [-0.1, -0.05) is 40.7 Å². The van der Waals surface area contributed by atoms with Crippen molar-refractivity contribution in [2.24, 2.45) is 11.8 Å². The molecule has 0 bridgehead atoms. The second-order valence-electron chi connectivity index (χ2n) is 14.4. The van der Waals surface area contributed by atoms with Gasteiger partial charge in [-0.3, -0.25) is 9.59 Å². The number of hydrogen-bond donors (Lipinski definition) is 3.